The highest BCUT2D eigenvalue weighted by molar-refractivity contribution is 6.01. The molecule has 2 rings (SSSR count). The molecule has 24 heavy (non-hydrogen) atoms. The molecule has 1 saturated carbocycles. The van der Waals surface area contributed by atoms with Crippen LogP contribution in [0.5, 0.6) is 0 Å². The number of carbonyl (C=O) groups excluding carboxylic acids is 3. The minimum absolute atomic E-state index is 0.156. The second kappa shape index (κ2) is 7.44. The quantitative estimate of drug-likeness (QED) is 0.794. The van der Waals surface area contributed by atoms with E-state index in [4.69, 9.17) is 5.73 Å². The molecule has 1 aromatic carbocycles. The summed E-state index contributed by atoms with van der Waals surface area (Å²) in [6.07, 6.45) is 3.38. The Kier molecular flexibility index (Phi) is 5.56. The zero-order valence-electron chi connectivity index (χ0n) is 13.9. The molecule has 0 aliphatic heterocycles. The van der Waals surface area contributed by atoms with Gasteiger partial charge in [-0.3, -0.25) is 4.79 Å². The van der Waals surface area contributed by atoms with Gasteiger partial charge in [-0.2, -0.15) is 0 Å². The van der Waals surface area contributed by atoms with E-state index in [1.54, 1.807) is 0 Å². The summed E-state index contributed by atoms with van der Waals surface area (Å²) >= 11 is 0. The van der Waals surface area contributed by atoms with Gasteiger partial charge < -0.3 is 20.5 Å². The second-order valence-electron chi connectivity index (χ2n) is 5.93. The van der Waals surface area contributed by atoms with Gasteiger partial charge in [0, 0.05) is 12.2 Å². The predicted octanol–water partition coefficient (Wildman–Crippen LogP) is 1.72. The number of hydrogen-bond donors (Lipinski definition) is 2. The van der Waals surface area contributed by atoms with E-state index in [1.807, 2.05) is 0 Å². The standard InChI is InChI=1S/C17H22N2O5/c1-23-14(20)11-7-12(15(21)24-2)9-13(8-11)19-16(22)17(10-18)5-3-4-6-17/h7-9H,3-6,10,18H2,1-2H3,(H,19,22). The van der Waals surface area contributed by atoms with Gasteiger partial charge in [0.15, 0.2) is 0 Å². The fourth-order valence-electron chi connectivity index (χ4n) is 3.01. The summed E-state index contributed by atoms with van der Waals surface area (Å²) in [5.74, 6) is -1.41. The molecule has 130 valence electrons. The summed E-state index contributed by atoms with van der Waals surface area (Å²) < 4.78 is 9.36. The number of ether oxygens (including phenoxy) is 2. The zero-order valence-corrected chi connectivity index (χ0v) is 13.9. The van der Waals surface area contributed by atoms with Gasteiger partial charge in [-0.15, -0.1) is 0 Å². The van der Waals surface area contributed by atoms with Crippen molar-refractivity contribution in [3.8, 4) is 0 Å². The number of methoxy groups -OCH3 is 2. The Hall–Kier alpha value is -2.41. The van der Waals surface area contributed by atoms with Gasteiger partial charge in [-0.25, -0.2) is 9.59 Å². The lowest BCUT2D eigenvalue weighted by molar-refractivity contribution is -0.124. The summed E-state index contributed by atoms with van der Waals surface area (Å²) in [7, 11) is 2.49. The molecule has 0 unspecified atom stereocenters. The topological polar surface area (TPSA) is 108 Å². The molecule has 0 heterocycles. The molecule has 1 aliphatic carbocycles. The molecule has 1 fully saturated rings. The number of amides is 1. The second-order valence-corrected chi connectivity index (χ2v) is 5.93. The van der Waals surface area contributed by atoms with Gasteiger partial charge >= 0.3 is 11.9 Å². The highest BCUT2D eigenvalue weighted by Crippen LogP contribution is 2.38. The van der Waals surface area contributed by atoms with Crippen molar-refractivity contribution in [2.24, 2.45) is 11.1 Å². The van der Waals surface area contributed by atoms with E-state index < -0.39 is 17.4 Å². The van der Waals surface area contributed by atoms with E-state index in [9.17, 15) is 14.4 Å². The Morgan fingerprint density at radius 2 is 1.54 bits per heavy atom. The molecule has 0 saturated heterocycles. The van der Waals surface area contributed by atoms with E-state index in [-0.39, 0.29) is 23.6 Å². The number of benzene rings is 1. The summed E-state index contributed by atoms with van der Waals surface area (Å²) in [6.45, 7) is 0.263. The minimum Gasteiger partial charge on any atom is -0.465 e. The average molecular weight is 334 g/mol. The van der Waals surface area contributed by atoms with Gasteiger partial charge in [-0.05, 0) is 31.0 Å². The summed E-state index contributed by atoms with van der Waals surface area (Å²) in [6, 6.07) is 4.30. The third-order valence-corrected chi connectivity index (χ3v) is 4.47. The van der Waals surface area contributed by atoms with Crippen molar-refractivity contribution >= 4 is 23.5 Å². The van der Waals surface area contributed by atoms with Crippen molar-refractivity contribution in [1.82, 2.24) is 0 Å². The lowest BCUT2D eigenvalue weighted by Crippen LogP contribution is -2.40. The van der Waals surface area contributed by atoms with Crippen molar-refractivity contribution < 1.29 is 23.9 Å². The van der Waals surface area contributed by atoms with E-state index in [2.05, 4.69) is 14.8 Å². The molecular weight excluding hydrogens is 312 g/mol. The minimum atomic E-state index is -0.606. The highest BCUT2D eigenvalue weighted by Gasteiger charge is 2.39. The highest BCUT2D eigenvalue weighted by atomic mass is 16.5. The first-order chi connectivity index (χ1) is 11.5. The lowest BCUT2D eigenvalue weighted by Gasteiger charge is -2.25. The van der Waals surface area contributed by atoms with Crippen LogP contribution in [0, 0.1) is 5.41 Å². The molecule has 1 aromatic rings. The molecular formula is C17H22N2O5. The maximum atomic E-state index is 12.6. The molecule has 1 aliphatic rings. The summed E-state index contributed by atoms with van der Waals surface area (Å²) in [5.41, 5.74) is 5.87. The first kappa shape index (κ1) is 17.9. The van der Waals surface area contributed by atoms with E-state index >= 15 is 0 Å². The Labute approximate surface area is 140 Å². The van der Waals surface area contributed by atoms with Crippen LogP contribution in [0.25, 0.3) is 0 Å². The van der Waals surface area contributed by atoms with Gasteiger partial charge in [0.2, 0.25) is 5.91 Å². The third-order valence-electron chi connectivity index (χ3n) is 4.47. The predicted molar refractivity (Wildman–Crippen MR) is 87.7 cm³/mol. The molecule has 1 amide bonds. The van der Waals surface area contributed by atoms with Crippen LogP contribution in [0.4, 0.5) is 5.69 Å². The first-order valence-electron chi connectivity index (χ1n) is 7.79. The fraction of sp³-hybridized carbons (Fsp3) is 0.471. The number of nitrogens with two attached hydrogens (primary N) is 1. The molecule has 0 radical (unpaired) electrons. The van der Waals surface area contributed by atoms with Crippen LogP contribution in [0.1, 0.15) is 46.4 Å². The van der Waals surface area contributed by atoms with Gasteiger partial charge in [-0.1, -0.05) is 12.8 Å². The van der Waals surface area contributed by atoms with Crippen molar-refractivity contribution in [2.45, 2.75) is 25.7 Å². The van der Waals surface area contributed by atoms with Crippen LogP contribution in [-0.4, -0.2) is 38.6 Å². The van der Waals surface area contributed by atoms with Crippen molar-refractivity contribution in [3.05, 3.63) is 29.3 Å². The first-order valence-corrected chi connectivity index (χ1v) is 7.79. The van der Waals surface area contributed by atoms with Crippen molar-refractivity contribution in [3.63, 3.8) is 0 Å². The normalized spacial score (nSPS) is 15.6. The Bertz CT molecular complexity index is 616. The van der Waals surface area contributed by atoms with E-state index in [0.717, 1.165) is 25.7 Å². The summed E-state index contributed by atoms with van der Waals surface area (Å²) in [5, 5.41) is 2.78. The van der Waals surface area contributed by atoms with Crippen LogP contribution < -0.4 is 11.1 Å². The van der Waals surface area contributed by atoms with Gasteiger partial charge in [0.25, 0.3) is 0 Å². The van der Waals surface area contributed by atoms with Crippen LogP contribution in [0.3, 0.4) is 0 Å². The van der Waals surface area contributed by atoms with E-state index in [1.165, 1.54) is 32.4 Å². The molecule has 7 heteroatoms. The third kappa shape index (κ3) is 3.56. The maximum Gasteiger partial charge on any atom is 0.337 e. The van der Waals surface area contributed by atoms with Gasteiger partial charge in [0.05, 0.1) is 30.8 Å². The number of nitrogens with one attached hydrogen (secondary N) is 1. The number of anilines is 1. The van der Waals surface area contributed by atoms with Crippen LogP contribution >= 0.6 is 0 Å². The van der Waals surface area contributed by atoms with Crippen molar-refractivity contribution in [2.75, 3.05) is 26.1 Å². The van der Waals surface area contributed by atoms with E-state index in [0.29, 0.717) is 5.69 Å². The number of esters is 2. The Balaban J connectivity index is 2.33. The van der Waals surface area contributed by atoms with Gasteiger partial charge in [0.1, 0.15) is 0 Å². The van der Waals surface area contributed by atoms with Crippen LogP contribution in [0.2, 0.25) is 0 Å². The molecule has 0 atom stereocenters. The number of carbonyl (C=O) groups is 3. The molecule has 0 spiro atoms. The molecule has 0 bridgehead atoms. The average Bonchev–Trinajstić information content (AvgIpc) is 3.10. The largest absolute Gasteiger partial charge is 0.465 e. The summed E-state index contributed by atoms with van der Waals surface area (Å²) in [4.78, 5) is 36.2. The molecule has 0 aromatic heterocycles. The Morgan fingerprint density at radius 3 is 1.96 bits per heavy atom. The molecule has 3 N–H and O–H groups in total. The maximum absolute atomic E-state index is 12.6. The smallest absolute Gasteiger partial charge is 0.337 e. The Morgan fingerprint density at radius 1 is 1.04 bits per heavy atom. The number of hydrogen-bond acceptors (Lipinski definition) is 6. The fourth-order valence-corrected chi connectivity index (χ4v) is 3.01. The lowest BCUT2D eigenvalue weighted by atomic mass is 9.85. The van der Waals surface area contributed by atoms with Crippen LogP contribution in [-0.2, 0) is 14.3 Å². The molecule has 7 nitrogen and oxygen atoms in total. The number of rotatable bonds is 5. The zero-order chi connectivity index (χ0) is 17.7. The monoisotopic (exact) mass is 334 g/mol. The SMILES string of the molecule is COC(=O)c1cc(NC(=O)C2(CN)CCCC2)cc(C(=O)OC)c1. The van der Waals surface area contributed by atoms with Crippen molar-refractivity contribution in [1.29, 1.82) is 0 Å². The van der Waals surface area contributed by atoms with Crippen LogP contribution in [0.15, 0.2) is 18.2 Å².